The molecule has 2 rings (SSSR count). The van der Waals surface area contributed by atoms with Crippen LogP contribution in [0.2, 0.25) is 0 Å². The fourth-order valence-corrected chi connectivity index (χ4v) is 3.39. The summed E-state index contributed by atoms with van der Waals surface area (Å²) in [6.45, 7) is 1.30. The summed E-state index contributed by atoms with van der Waals surface area (Å²) in [5.41, 5.74) is -1.79. The van der Waals surface area contributed by atoms with Gasteiger partial charge in [-0.3, -0.25) is 14.4 Å². The van der Waals surface area contributed by atoms with Crippen LogP contribution in [0.3, 0.4) is 0 Å². The third kappa shape index (κ3) is 3.03. The summed E-state index contributed by atoms with van der Waals surface area (Å²) in [4.78, 5) is 36.8. The number of esters is 2. The summed E-state index contributed by atoms with van der Waals surface area (Å²) in [5.74, 6) is -6.90. The average Bonchev–Trinajstić information content (AvgIpc) is 2.52. The molecule has 0 amide bonds. The lowest BCUT2D eigenvalue weighted by atomic mass is 9.61. The summed E-state index contributed by atoms with van der Waals surface area (Å²) in [6.07, 6.45) is -0.433. The molecule has 0 bridgehead atoms. The minimum Gasteiger partial charge on any atom is -0.469 e. The molecule has 1 fully saturated rings. The summed E-state index contributed by atoms with van der Waals surface area (Å²) >= 11 is 0. The van der Waals surface area contributed by atoms with Crippen molar-refractivity contribution < 1.29 is 33.4 Å². The summed E-state index contributed by atoms with van der Waals surface area (Å²) in [6, 6.07) is 5.50. The van der Waals surface area contributed by atoms with Gasteiger partial charge in [0.15, 0.2) is 5.78 Å². The topological polar surface area (TPSA) is 89.9 Å². The van der Waals surface area contributed by atoms with Gasteiger partial charge in [0.2, 0.25) is 0 Å². The molecule has 0 heterocycles. The van der Waals surface area contributed by atoms with Gasteiger partial charge in [-0.15, -0.1) is 0 Å². The molecule has 1 saturated carbocycles. The van der Waals surface area contributed by atoms with Crippen LogP contribution in [0, 0.1) is 17.7 Å². The van der Waals surface area contributed by atoms with Crippen LogP contribution in [0.4, 0.5) is 4.39 Å². The number of benzene rings is 1. The maximum atomic E-state index is 14.3. The first kappa shape index (κ1) is 18.1. The standard InChI is InChI=1S/C17H19FO6/c1-17(22)8-11(19)13(15(20)23-2)12(14(17)16(21)24-3)9-6-4-5-7-10(9)18/h4-7,12-14,22H,8H2,1-3H3/t12-,13+,14-,17+/m1/s1. The van der Waals surface area contributed by atoms with Gasteiger partial charge in [0.1, 0.15) is 11.7 Å². The zero-order chi connectivity index (χ0) is 18.1. The number of hydrogen-bond donors (Lipinski definition) is 1. The van der Waals surface area contributed by atoms with Crippen molar-refractivity contribution in [3.05, 3.63) is 35.6 Å². The van der Waals surface area contributed by atoms with E-state index in [1.54, 1.807) is 0 Å². The van der Waals surface area contributed by atoms with E-state index in [0.29, 0.717) is 0 Å². The van der Waals surface area contributed by atoms with Gasteiger partial charge < -0.3 is 14.6 Å². The zero-order valence-electron chi connectivity index (χ0n) is 13.6. The summed E-state index contributed by atoms with van der Waals surface area (Å²) < 4.78 is 23.7. The number of aliphatic hydroxyl groups is 1. The molecular formula is C17H19FO6. The molecule has 0 radical (unpaired) electrons. The molecule has 1 aromatic rings. The van der Waals surface area contributed by atoms with E-state index < -0.39 is 53.3 Å². The number of ether oxygens (including phenoxy) is 2. The van der Waals surface area contributed by atoms with Crippen LogP contribution < -0.4 is 0 Å². The second kappa shape index (κ2) is 6.68. The molecule has 1 aliphatic carbocycles. The Morgan fingerprint density at radius 1 is 1.21 bits per heavy atom. The monoisotopic (exact) mass is 338 g/mol. The molecule has 0 unspecified atom stereocenters. The predicted molar refractivity (Wildman–Crippen MR) is 80.4 cm³/mol. The second-order valence-corrected chi connectivity index (χ2v) is 6.05. The van der Waals surface area contributed by atoms with Crippen molar-refractivity contribution in [2.24, 2.45) is 11.8 Å². The Balaban J connectivity index is 2.68. The van der Waals surface area contributed by atoms with Gasteiger partial charge in [-0.1, -0.05) is 18.2 Å². The minimum absolute atomic E-state index is 0.0170. The quantitative estimate of drug-likeness (QED) is 0.658. The first-order valence-corrected chi connectivity index (χ1v) is 7.39. The van der Waals surface area contributed by atoms with E-state index in [9.17, 15) is 23.9 Å². The largest absolute Gasteiger partial charge is 0.469 e. The van der Waals surface area contributed by atoms with Gasteiger partial charge in [0.05, 0.1) is 25.7 Å². The predicted octanol–water partition coefficient (Wildman–Crippen LogP) is 1.21. The number of Topliss-reactive ketones (excluding diaryl/α,β-unsaturated/α-hetero) is 1. The number of halogens is 1. The SMILES string of the molecule is COC(=O)[C@H]1C(=O)C[C@](C)(O)[C@@H](C(=O)OC)[C@@H]1c1ccccc1F. The van der Waals surface area contributed by atoms with E-state index in [2.05, 4.69) is 4.74 Å². The highest BCUT2D eigenvalue weighted by Gasteiger charge is 2.57. The van der Waals surface area contributed by atoms with Crippen LogP contribution in [0.1, 0.15) is 24.8 Å². The summed E-state index contributed by atoms with van der Waals surface area (Å²) in [7, 11) is 2.23. The average molecular weight is 338 g/mol. The molecule has 0 aliphatic heterocycles. The van der Waals surface area contributed by atoms with Crippen LogP contribution >= 0.6 is 0 Å². The lowest BCUT2D eigenvalue weighted by molar-refractivity contribution is -0.170. The molecule has 1 aromatic carbocycles. The fraction of sp³-hybridized carbons (Fsp3) is 0.471. The molecule has 4 atom stereocenters. The number of ketones is 1. The smallest absolute Gasteiger partial charge is 0.316 e. The zero-order valence-corrected chi connectivity index (χ0v) is 13.6. The molecule has 130 valence electrons. The Hall–Kier alpha value is -2.28. The van der Waals surface area contributed by atoms with Crippen molar-refractivity contribution in [1.82, 2.24) is 0 Å². The normalized spacial score (nSPS) is 29.9. The van der Waals surface area contributed by atoms with Crippen LogP contribution in [-0.4, -0.2) is 42.6 Å². The van der Waals surface area contributed by atoms with Crippen molar-refractivity contribution in [3.63, 3.8) is 0 Å². The van der Waals surface area contributed by atoms with Crippen molar-refractivity contribution in [2.45, 2.75) is 24.9 Å². The van der Waals surface area contributed by atoms with Crippen molar-refractivity contribution >= 4 is 17.7 Å². The molecule has 6 nitrogen and oxygen atoms in total. The van der Waals surface area contributed by atoms with Crippen molar-refractivity contribution in [1.29, 1.82) is 0 Å². The second-order valence-electron chi connectivity index (χ2n) is 6.05. The Morgan fingerprint density at radius 3 is 2.33 bits per heavy atom. The first-order valence-electron chi connectivity index (χ1n) is 7.39. The highest BCUT2D eigenvalue weighted by Crippen LogP contribution is 2.47. The molecule has 0 aromatic heterocycles. The van der Waals surface area contributed by atoms with E-state index in [-0.39, 0.29) is 5.56 Å². The number of rotatable bonds is 3. The lowest BCUT2D eigenvalue weighted by Crippen LogP contribution is -2.55. The summed E-state index contributed by atoms with van der Waals surface area (Å²) in [5, 5.41) is 10.6. The highest BCUT2D eigenvalue weighted by molar-refractivity contribution is 6.02. The molecular weight excluding hydrogens is 319 g/mol. The Bertz CT molecular complexity index is 669. The van der Waals surface area contributed by atoms with Crippen molar-refractivity contribution in [2.75, 3.05) is 14.2 Å². The van der Waals surface area contributed by atoms with Gasteiger partial charge in [0, 0.05) is 12.3 Å². The van der Waals surface area contributed by atoms with Gasteiger partial charge in [-0.2, -0.15) is 0 Å². The van der Waals surface area contributed by atoms with E-state index >= 15 is 0 Å². The third-order valence-electron chi connectivity index (χ3n) is 4.44. The van der Waals surface area contributed by atoms with Gasteiger partial charge in [-0.05, 0) is 18.6 Å². The van der Waals surface area contributed by atoms with Crippen LogP contribution in [0.15, 0.2) is 24.3 Å². The van der Waals surface area contributed by atoms with E-state index in [4.69, 9.17) is 4.74 Å². The van der Waals surface area contributed by atoms with Crippen LogP contribution in [0.5, 0.6) is 0 Å². The van der Waals surface area contributed by atoms with Crippen LogP contribution in [0.25, 0.3) is 0 Å². The molecule has 1 N–H and O–H groups in total. The molecule has 0 spiro atoms. The molecule has 7 heteroatoms. The minimum atomic E-state index is -1.78. The van der Waals surface area contributed by atoms with Crippen LogP contribution in [-0.2, 0) is 23.9 Å². The Labute approximate surface area is 138 Å². The molecule has 1 aliphatic rings. The maximum Gasteiger partial charge on any atom is 0.316 e. The lowest BCUT2D eigenvalue weighted by Gasteiger charge is -2.43. The van der Waals surface area contributed by atoms with E-state index in [0.717, 1.165) is 20.3 Å². The van der Waals surface area contributed by atoms with E-state index in [1.807, 2.05) is 0 Å². The molecule has 0 saturated heterocycles. The number of methoxy groups -OCH3 is 2. The Morgan fingerprint density at radius 2 is 1.79 bits per heavy atom. The highest BCUT2D eigenvalue weighted by atomic mass is 19.1. The van der Waals surface area contributed by atoms with Gasteiger partial charge in [-0.25, -0.2) is 4.39 Å². The third-order valence-corrected chi connectivity index (χ3v) is 4.44. The van der Waals surface area contributed by atoms with E-state index in [1.165, 1.54) is 25.1 Å². The van der Waals surface area contributed by atoms with Gasteiger partial charge >= 0.3 is 11.9 Å². The number of carbonyl (C=O) groups is 3. The number of hydrogen-bond acceptors (Lipinski definition) is 6. The fourth-order valence-electron chi connectivity index (χ4n) is 3.39. The maximum absolute atomic E-state index is 14.3. The van der Waals surface area contributed by atoms with Crippen molar-refractivity contribution in [3.8, 4) is 0 Å². The molecule has 24 heavy (non-hydrogen) atoms. The number of carbonyl (C=O) groups excluding carboxylic acids is 3. The Kier molecular flexibility index (Phi) is 5.03. The first-order chi connectivity index (χ1) is 11.2. The van der Waals surface area contributed by atoms with Gasteiger partial charge in [0.25, 0.3) is 0 Å².